The number of aliphatic hydroxyl groups is 1. The van der Waals surface area contributed by atoms with E-state index in [-0.39, 0.29) is 16.3 Å². The second kappa shape index (κ2) is 8.39. The number of halogens is 1. The van der Waals surface area contributed by atoms with Crippen LogP contribution in [0.3, 0.4) is 0 Å². The molecule has 0 bridgehead atoms. The fraction of sp³-hybridized carbons (Fsp3) is 0.182. The van der Waals surface area contributed by atoms with Crippen LogP contribution < -0.4 is 14.4 Å². The zero-order valence-electron chi connectivity index (χ0n) is 17.3. The number of aromatic nitrogens is 2. The number of hydrogen-bond donors (Lipinski definition) is 1. The summed E-state index contributed by atoms with van der Waals surface area (Å²) in [7, 11) is 2.95. The van der Waals surface area contributed by atoms with Crippen molar-refractivity contribution in [1.82, 2.24) is 10.2 Å². The Labute approximate surface area is 186 Å². The third-order valence-electron chi connectivity index (χ3n) is 5.01. The minimum Gasteiger partial charge on any atom is -0.507 e. The van der Waals surface area contributed by atoms with Crippen molar-refractivity contribution in [2.45, 2.75) is 13.0 Å². The number of ether oxygens (including phenoxy) is 2. The molecule has 1 N–H and O–H groups in total. The van der Waals surface area contributed by atoms with Gasteiger partial charge in [-0.1, -0.05) is 17.4 Å². The first kappa shape index (κ1) is 21.4. The smallest absolute Gasteiger partial charge is 0.301 e. The van der Waals surface area contributed by atoms with E-state index in [1.807, 2.05) is 0 Å². The van der Waals surface area contributed by atoms with Crippen molar-refractivity contribution < 1.29 is 28.6 Å². The van der Waals surface area contributed by atoms with Gasteiger partial charge in [0.25, 0.3) is 5.78 Å². The highest BCUT2D eigenvalue weighted by atomic mass is 32.1. The van der Waals surface area contributed by atoms with E-state index in [1.165, 1.54) is 31.3 Å². The summed E-state index contributed by atoms with van der Waals surface area (Å²) in [5, 5.41) is 19.8. The Morgan fingerprint density at radius 1 is 1.06 bits per heavy atom. The van der Waals surface area contributed by atoms with E-state index in [4.69, 9.17) is 9.47 Å². The van der Waals surface area contributed by atoms with Crippen molar-refractivity contribution in [3.8, 4) is 11.5 Å². The van der Waals surface area contributed by atoms with Crippen molar-refractivity contribution in [3.05, 3.63) is 70.0 Å². The van der Waals surface area contributed by atoms with Gasteiger partial charge in [0.15, 0.2) is 11.5 Å². The van der Waals surface area contributed by atoms with Crippen LogP contribution in [-0.2, 0) is 9.59 Å². The van der Waals surface area contributed by atoms with Gasteiger partial charge in [-0.05, 0) is 48.9 Å². The second-order valence-corrected chi connectivity index (χ2v) is 8.05. The molecule has 32 heavy (non-hydrogen) atoms. The highest BCUT2D eigenvalue weighted by Crippen LogP contribution is 2.44. The minimum absolute atomic E-state index is 0.151. The number of rotatable bonds is 5. The molecule has 2 aromatic carbocycles. The number of nitrogens with zero attached hydrogens (tertiary/aromatic N) is 3. The van der Waals surface area contributed by atoms with Gasteiger partial charge in [0.2, 0.25) is 5.13 Å². The summed E-state index contributed by atoms with van der Waals surface area (Å²) in [5.74, 6) is -1.83. The van der Waals surface area contributed by atoms with E-state index in [2.05, 4.69) is 10.2 Å². The van der Waals surface area contributed by atoms with Crippen LogP contribution >= 0.6 is 11.3 Å². The van der Waals surface area contributed by atoms with E-state index in [0.717, 1.165) is 23.5 Å². The zero-order valence-corrected chi connectivity index (χ0v) is 18.1. The molecule has 1 aromatic heterocycles. The maximum absolute atomic E-state index is 13.4. The molecule has 3 aromatic rings. The van der Waals surface area contributed by atoms with Gasteiger partial charge >= 0.3 is 5.91 Å². The summed E-state index contributed by atoms with van der Waals surface area (Å²) < 4.78 is 24.0. The van der Waals surface area contributed by atoms with Crippen LogP contribution in [0.4, 0.5) is 9.52 Å². The summed E-state index contributed by atoms with van der Waals surface area (Å²) in [6.45, 7) is 1.72. The predicted octanol–water partition coefficient (Wildman–Crippen LogP) is 3.63. The lowest BCUT2D eigenvalue weighted by Gasteiger charge is -2.23. The molecule has 10 heteroatoms. The van der Waals surface area contributed by atoms with Crippen LogP contribution in [0.5, 0.6) is 11.5 Å². The molecular formula is C22H18FN3O5S. The number of anilines is 1. The number of aliphatic hydroxyl groups excluding tert-OH is 1. The lowest BCUT2D eigenvalue weighted by Crippen LogP contribution is -2.29. The molecule has 1 unspecified atom stereocenters. The molecule has 1 aliphatic heterocycles. The van der Waals surface area contributed by atoms with Crippen LogP contribution in [0.1, 0.15) is 22.2 Å². The Morgan fingerprint density at radius 3 is 2.34 bits per heavy atom. The quantitative estimate of drug-likeness (QED) is 0.356. The van der Waals surface area contributed by atoms with Crippen LogP contribution in [0.2, 0.25) is 0 Å². The van der Waals surface area contributed by atoms with Gasteiger partial charge < -0.3 is 14.6 Å². The molecule has 0 spiro atoms. The van der Waals surface area contributed by atoms with Crippen molar-refractivity contribution >= 4 is 33.9 Å². The molecule has 1 atom stereocenters. The first-order valence-electron chi connectivity index (χ1n) is 9.44. The van der Waals surface area contributed by atoms with Gasteiger partial charge in [-0.2, -0.15) is 0 Å². The fourth-order valence-electron chi connectivity index (χ4n) is 3.51. The lowest BCUT2D eigenvalue weighted by molar-refractivity contribution is -0.132. The normalized spacial score (nSPS) is 17.6. The highest BCUT2D eigenvalue weighted by Gasteiger charge is 2.48. The molecule has 0 aliphatic carbocycles. The largest absolute Gasteiger partial charge is 0.507 e. The van der Waals surface area contributed by atoms with Crippen LogP contribution in [0, 0.1) is 12.7 Å². The molecular weight excluding hydrogens is 437 g/mol. The SMILES string of the molecule is COc1ccc(C2/C(=C(\O)c3ccc(F)cc3)C(=O)C(=O)N2c2nnc(C)s2)cc1OC. The number of carbonyl (C=O) groups excluding carboxylic acids is 2. The number of hydrogen-bond acceptors (Lipinski definition) is 8. The number of methoxy groups -OCH3 is 2. The molecule has 8 nitrogen and oxygen atoms in total. The molecule has 1 saturated heterocycles. The molecule has 0 saturated carbocycles. The Morgan fingerprint density at radius 2 is 1.75 bits per heavy atom. The average Bonchev–Trinajstić information content (AvgIpc) is 3.34. The maximum Gasteiger partial charge on any atom is 0.301 e. The van der Waals surface area contributed by atoms with Crippen molar-refractivity contribution in [2.75, 3.05) is 19.1 Å². The number of amides is 1. The number of carbonyl (C=O) groups is 2. The first-order chi connectivity index (χ1) is 15.3. The standard InChI is InChI=1S/C22H18FN3O5S/c1-11-24-25-22(32-11)26-18(13-6-9-15(30-2)16(10-13)31-3)17(20(28)21(26)29)19(27)12-4-7-14(23)8-5-12/h4-10,18,27H,1-3H3/b19-17+. The third-order valence-corrected chi connectivity index (χ3v) is 5.84. The Kier molecular flexibility index (Phi) is 5.62. The molecule has 0 radical (unpaired) electrons. The molecule has 1 aliphatic rings. The van der Waals surface area contributed by atoms with Crippen molar-refractivity contribution in [2.24, 2.45) is 0 Å². The Balaban J connectivity index is 1.95. The monoisotopic (exact) mass is 455 g/mol. The minimum atomic E-state index is -1.01. The molecule has 1 fully saturated rings. The number of aryl methyl sites for hydroxylation is 1. The van der Waals surface area contributed by atoms with Crippen molar-refractivity contribution in [3.63, 3.8) is 0 Å². The summed E-state index contributed by atoms with van der Waals surface area (Å²) in [5.41, 5.74) is 0.531. The van der Waals surface area contributed by atoms with Crippen molar-refractivity contribution in [1.29, 1.82) is 0 Å². The van der Waals surface area contributed by atoms with E-state index in [9.17, 15) is 19.1 Å². The third kappa shape index (κ3) is 3.58. The van der Waals surface area contributed by atoms with Crippen LogP contribution in [-0.4, -0.2) is 41.2 Å². The number of Topliss-reactive ketones (excluding diaryl/α,β-unsaturated/α-hetero) is 1. The van der Waals surface area contributed by atoms with Gasteiger partial charge in [-0.3, -0.25) is 14.5 Å². The van der Waals surface area contributed by atoms with E-state index < -0.39 is 29.3 Å². The first-order valence-corrected chi connectivity index (χ1v) is 10.3. The van der Waals surface area contributed by atoms with Crippen LogP contribution in [0.15, 0.2) is 48.0 Å². The topological polar surface area (TPSA) is 102 Å². The summed E-state index contributed by atoms with van der Waals surface area (Å²) >= 11 is 1.14. The summed E-state index contributed by atoms with van der Waals surface area (Å²) in [4.78, 5) is 27.3. The lowest BCUT2D eigenvalue weighted by atomic mass is 9.95. The summed E-state index contributed by atoms with van der Waals surface area (Å²) in [6, 6.07) is 8.89. The average molecular weight is 455 g/mol. The number of ketones is 1. The maximum atomic E-state index is 13.4. The van der Waals surface area contributed by atoms with E-state index >= 15 is 0 Å². The van der Waals surface area contributed by atoms with Gasteiger partial charge in [0.1, 0.15) is 16.6 Å². The highest BCUT2D eigenvalue weighted by molar-refractivity contribution is 7.15. The molecule has 164 valence electrons. The van der Waals surface area contributed by atoms with Crippen LogP contribution in [0.25, 0.3) is 5.76 Å². The predicted molar refractivity (Wildman–Crippen MR) is 115 cm³/mol. The summed E-state index contributed by atoms with van der Waals surface area (Å²) in [6.07, 6.45) is 0. The van der Waals surface area contributed by atoms with Gasteiger partial charge in [0.05, 0.1) is 25.8 Å². The Bertz CT molecular complexity index is 1240. The van der Waals surface area contributed by atoms with Gasteiger partial charge in [-0.25, -0.2) is 4.39 Å². The molecule has 1 amide bonds. The van der Waals surface area contributed by atoms with E-state index in [1.54, 1.807) is 25.1 Å². The number of benzene rings is 2. The van der Waals surface area contributed by atoms with E-state index in [0.29, 0.717) is 22.1 Å². The molecule has 2 heterocycles. The van der Waals surface area contributed by atoms with Gasteiger partial charge in [-0.15, -0.1) is 10.2 Å². The van der Waals surface area contributed by atoms with Gasteiger partial charge in [0, 0.05) is 5.56 Å². The second-order valence-electron chi connectivity index (χ2n) is 6.89. The zero-order chi connectivity index (χ0) is 23.0. The molecule has 4 rings (SSSR count). The fourth-order valence-corrected chi connectivity index (χ4v) is 4.23. The Hall–Kier alpha value is -3.79.